The number of hydrogen-bond donors (Lipinski definition) is 2. The van der Waals surface area contributed by atoms with Crippen molar-refractivity contribution in [2.45, 2.75) is 20.3 Å². The highest BCUT2D eigenvalue weighted by Gasteiger charge is 2.08. The zero-order chi connectivity index (χ0) is 12.9. The van der Waals surface area contributed by atoms with Crippen LogP contribution in [0.25, 0.3) is 0 Å². The van der Waals surface area contributed by atoms with Crippen molar-refractivity contribution < 1.29 is 9.53 Å². The maximum absolute atomic E-state index is 10.1. The Hall–Kier alpha value is -0.650. The van der Waals surface area contributed by atoms with Gasteiger partial charge in [-0.3, -0.25) is 9.69 Å². The molecule has 0 saturated carbocycles. The lowest BCUT2D eigenvalue weighted by Gasteiger charge is -2.26. The van der Waals surface area contributed by atoms with Gasteiger partial charge in [0.05, 0.1) is 13.2 Å². The lowest BCUT2D eigenvalue weighted by molar-refractivity contribution is -0.120. The van der Waals surface area contributed by atoms with Gasteiger partial charge in [-0.1, -0.05) is 13.8 Å². The van der Waals surface area contributed by atoms with Crippen LogP contribution in [0.3, 0.4) is 0 Å². The maximum Gasteiger partial charge on any atom is 0.219 e. The number of likely N-dealkylation sites (N-methyl/N-ethyl adjacent to an activating group) is 1. The third kappa shape index (κ3) is 10.2. The summed E-state index contributed by atoms with van der Waals surface area (Å²) < 4.78 is 5.24. The summed E-state index contributed by atoms with van der Waals surface area (Å²) in [6.07, 6.45) is 0.580. The summed E-state index contributed by atoms with van der Waals surface area (Å²) >= 11 is 0. The monoisotopic (exact) mass is 245 g/mol. The first kappa shape index (κ1) is 16.4. The molecular weight excluding hydrogens is 218 g/mol. The number of carbonyl (C=O) groups is 1. The van der Waals surface area contributed by atoms with Crippen LogP contribution in [0.5, 0.6) is 0 Å². The molecule has 0 bridgehead atoms. The third-order valence-corrected chi connectivity index (χ3v) is 2.56. The smallest absolute Gasteiger partial charge is 0.219 e. The average molecular weight is 245 g/mol. The van der Waals surface area contributed by atoms with Crippen molar-refractivity contribution in [3.8, 4) is 0 Å². The largest absolute Gasteiger partial charge is 0.379 e. The van der Waals surface area contributed by atoms with Crippen molar-refractivity contribution in [1.29, 1.82) is 0 Å². The molecule has 0 aromatic carbocycles. The maximum atomic E-state index is 10.1. The predicted octanol–water partition coefficient (Wildman–Crippen LogP) is 0.0705. The minimum atomic E-state index is 0.0926. The zero-order valence-electron chi connectivity index (χ0n) is 11.4. The molecule has 5 heteroatoms. The fraction of sp³-hybridized carbons (Fsp3) is 0.917. The topological polar surface area (TPSA) is 53.6 Å². The Bertz CT molecular complexity index is 177. The quantitative estimate of drug-likeness (QED) is 0.673. The first-order valence-corrected chi connectivity index (χ1v) is 6.46. The highest BCUT2D eigenvalue weighted by atomic mass is 16.5. The Morgan fingerprint density at radius 2 is 1.94 bits per heavy atom. The molecule has 2 N–H and O–H groups in total. The Morgan fingerprint density at radius 3 is 2.35 bits per heavy atom. The Balaban J connectivity index is 0.000000366. The summed E-state index contributed by atoms with van der Waals surface area (Å²) in [5, 5.41) is 5.79. The minimum Gasteiger partial charge on any atom is -0.379 e. The van der Waals surface area contributed by atoms with Crippen LogP contribution >= 0.6 is 0 Å². The van der Waals surface area contributed by atoms with Crippen LogP contribution in [0, 0.1) is 0 Å². The predicted molar refractivity (Wildman–Crippen MR) is 70.2 cm³/mol. The summed E-state index contributed by atoms with van der Waals surface area (Å²) in [5.74, 6) is 0.0926. The molecule has 0 unspecified atom stereocenters. The van der Waals surface area contributed by atoms with Gasteiger partial charge in [-0.2, -0.15) is 0 Å². The van der Waals surface area contributed by atoms with E-state index in [0.717, 1.165) is 45.9 Å². The number of hydrogen-bond acceptors (Lipinski definition) is 4. The highest BCUT2D eigenvalue weighted by molar-refractivity contribution is 5.74. The second-order valence-electron chi connectivity index (χ2n) is 3.83. The molecule has 0 aromatic heterocycles. The van der Waals surface area contributed by atoms with Gasteiger partial charge in [0, 0.05) is 39.6 Å². The SMILES string of the molecule is CCC(=O)NC.CCNCCN1CCOCC1. The van der Waals surface area contributed by atoms with E-state index in [0.29, 0.717) is 6.42 Å². The van der Waals surface area contributed by atoms with Gasteiger partial charge in [0.15, 0.2) is 0 Å². The molecule has 1 fully saturated rings. The summed E-state index contributed by atoms with van der Waals surface area (Å²) in [6.45, 7) is 11.3. The summed E-state index contributed by atoms with van der Waals surface area (Å²) in [6, 6.07) is 0. The molecule has 1 amide bonds. The van der Waals surface area contributed by atoms with E-state index in [-0.39, 0.29) is 5.91 Å². The van der Waals surface area contributed by atoms with E-state index in [2.05, 4.69) is 22.5 Å². The van der Waals surface area contributed by atoms with Crippen LogP contribution in [0.15, 0.2) is 0 Å². The van der Waals surface area contributed by atoms with Gasteiger partial charge in [-0.05, 0) is 6.54 Å². The lowest BCUT2D eigenvalue weighted by Crippen LogP contribution is -2.40. The van der Waals surface area contributed by atoms with Gasteiger partial charge < -0.3 is 15.4 Å². The number of morpholine rings is 1. The number of rotatable bonds is 5. The molecule has 1 aliphatic rings. The van der Waals surface area contributed by atoms with Crippen LogP contribution in [-0.2, 0) is 9.53 Å². The van der Waals surface area contributed by atoms with E-state index in [1.54, 1.807) is 7.05 Å². The average Bonchev–Trinajstić information content (AvgIpc) is 2.40. The summed E-state index contributed by atoms with van der Waals surface area (Å²) in [5.41, 5.74) is 0. The molecule has 0 atom stereocenters. The van der Waals surface area contributed by atoms with Gasteiger partial charge in [0.1, 0.15) is 0 Å². The fourth-order valence-electron chi connectivity index (χ4n) is 1.42. The van der Waals surface area contributed by atoms with Crippen LogP contribution in [0.4, 0.5) is 0 Å². The summed E-state index contributed by atoms with van der Waals surface area (Å²) in [7, 11) is 1.63. The zero-order valence-corrected chi connectivity index (χ0v) is 11.4. The lowest BCUT2D eigenvalue weighted by atomic mass is 10.4. The van der Waals surface area contributed by atoms with Gasteiger partial charge in [-0.15, -0.1) is 0 Å². The molecule has 0 aromatic rings. The first-order valence-electron chi connectivity index (χ1n) is 6.46. The molecule has 1 aliphatic heterocycles. The van der Waals surface area contributed by atoms with E-state index in [4.69, 9.17) is 4.74 Å². The van der Waals surface area contributed by atoms with Crippen molar-refractivity contribution in [2.75, 3.05) is 53.0 Å². The summed E-state index contributed by atoms with van der Waals surface area (Å²) in [4.78, 5) is 12.5. The Kier molecular flexibility index (Phi) is 11.4. The molecule has 102 valence electrons. The third-order valence-electron chi connectivity index (χ3n) is 2.56. The molecule has 1 saturated heterocycles. The van der Waals surface area contributed by atoms with Crippen LogP contribution in [-0.4, -0.2) is 63.8 Å². The molecule has 0 spiro atoms. The molecule has 17 heavy (non-hydrogen) atoms. The van der Waals surface area contributed by atoms with E-state index in [1.807, 2.05) is 6.92 Å². The second-order valence-corrected chi connectivity index (χ2v) is 3.83. The van der Waals surface area contributed by atoms with E-state index in [9.17, 15) is 4.79 Å². The van der Waals surface area contributed by atoms with Crippen LogP contribution < -0.4 is 10.6 Å². The van der Waals surface area contributed by atoms with E-state index >= 15 is 0 Å². The Morgan fingerprint density at radius 1 is 1.29 bits per heavy atom. The van der Waals surface area contributed by atoms with Crippen LogP contribution in [0.2, 0.25) is 0 Å². The Labute approximate surface area is 105 Å². The molecule has 5 nitrogen and oxygen atoms in total. The number of nitrogens with one attached hydrogen (secondary N) is 2. The molecule has 1 rings (SSSR count). The number of nitrogens with zero attached hydrogens (tertiary/aromatic N) is 1. The number of amides is 1. The van der Waals surface area contributed by atoms with Crippen molar-refractivity contribution in [3.63, 3.8) is 0 Å². The standard InChI is InChI=1S/C8H18N2O.C4H9NO/c1-2-9-3-4-10-5-7-11-8-6-10;1-3-4(6)5-2/h9H,2-8H2,1H3;3H2,1-2H3,(H,5,6). The highest BCUT2D eigenvalue weighted by Crippen LogP contribution is 1.94. The molecular formula is C12H27N3O2. The second kappa shape index (κ2) is 11.8. The molecule has 0 radical (unpaired) electrons. The van der Waals surface area contributed by atoms with Gasteiger partial charge in [0.2, 0.25) is 5.91 Å². The molecule has 1 heterocycles. The number of ether oxygens (including phenoxy) is 1. The van der Waals surface area contributed by atoms with E-state index in [1.165, 1.54) is 0 Å². The van der Waals surface area contributed by atoms with Crippen molar-refractivity contribution in [1.82, 2.24) is 15.5 Å². The van der Waals surface area contributed by atoms with Crippen molar-refractivity contribution >= 4 is 5.91 Å². The fourth-order valence-corrected chi connectivity index (χ4v) is 1.42. The van der Waals surface area contributed by atoms with Crippen molar-refractivity contribution in [2.24, 2.45) is 0 Å². The van der Waals surface area contributed by atoms with Crippen LogP contribution in [0.1, 0.15) is 20.3 Å². The number of carbonyl (C=O) groups excluding carboxylic acids is 1. The van der Waals surface area contributed by atoms with Gasteiger partial charge in [-0.25, -0.2) is 0 Å². The minimum absolute atomic E-state index is 0.0926. The van der Waals surface area contributed by atoms with Gasteiger partial charge >= 0.3 is 0 Å². The first-order chi connectivity index (χ1) is 8.24. The normalized spacial score (nSPS) is 15.9. The van der Waals surface area contributed by atoms with Gasteiger partial charge in [0.25, 0.3) is 0 Å². The van der Waals surface area contributed by atoms with Crippen molar-refractivity contribution in [3.05, 3.63) is 0 Å². The molecule has 0 aliphatic carbocycles. The van der Waals surface area contributed by atoms with E-state index < -0.39 is 0 Å².